The van der Waals surface area contributed by atoms with Crippen molar-refractivity contribution >= 4 is 40.3 Å². The van der Waals surface area contributed by atoms with Crippen LogP contribution in [0.5, 0.6) is 0 Å². The fourth-order valence-electron chi connectivity index (χ4n) is 2.40. The normalized spacial score (nSPS) is 13.6. The first-order valence-corrected chi connectivity index (χ1v) is 8.35. The maximum absolute atomic E-state index is 12.4. The number of thiophene rings is 1. The Bertz CT molecular complexity index is 796. The lowest BCUT2D eigenvalue weighted by atomic mass is 10.2. The third kappa shape index (κ3) is 3.30. The molecule has 3 rings (SSSR count). The first-order chi connectivity index (χ1) is 11.6. The summed E-state index contributed by atoms with van der Waals surface area (Å²) >= 11 is 1.23. The molecule has 0 spiro atoms. The average molecular weight is 343 g/mol. The van der Waals surface area contributed by atoms with Crippen LogP contribution in [-0.4, -0.2) is 31.2 Å². The summed E-state index contributed by atoms with van der Waals surface area (Å²) in [4.78, 5) is 24.4. The molecule has 1 aromatic heterocycles. The second-order valence-corrected chi connectivity index (χ2v) is 6.28. The van der Waals surface area contributed by atoms with E-state index in [1.54, 1.807) is 23.6 Å². The highest BCUT2D eigenvalue weighted by molar-refractivity contribution is 7.12. The highest BCUT2D eigenvalue weighted by Crippen LogP contribution is 2.24. The van der Waals surface area contributed by atoms with Crippen molar-refractivity contribution in [2.75, 3.05) is 24.0 Å². The van der Waals surface area contributed by atoms with Gasteiger partial charge in [-0.3, -0.25) is 9.80 Å². The summed E-state index contributed by atoms with van der Waals surface area (Å²) in [5.74, 6) is -0.732. The predicted octanol–water partition coefficient (Wildman–Crippen LogP) is 3.37. The van der Waals surface area contributed by atoms with E-state index in [0.29, 0.717) is 16.1 Å². The van der Waals surface area contributed by atoms with Gasteiger partial charge in [-0.1, -0.05) is 0 Å². The molecule has 0 saturated heterocycles. The summed E-state index contributed by atoms with van der Waals surface area (Å²) in [6.45, 7) is 2.86. The third-order valence-electron chi connectivity index (χ3n) is 3.69. The van der Waals surface area contributed by atoms with Gasteiger partial charge >= 0.3 is 5.97 Å². The van der Waals surface area contributed by atoms with E-state index in [0.717, 1.165) is 24.4 Å². The highest BCUT2D eigenvalue weighted by atomic mass is 32.1. The van der Waals surface area contributed by atoms with Gasteiger partial charge in [-0.05, 0) is 42.6 Å². The number of nitrogens with zero attached hydrogens (tertiary/aromatic N) is 2. The molecule has 0 saturated carbocycles. The van der Waals surface area contributed by atoms with Gasteiger partial charge in [0.15, 0.2) is 0 Å². The van der Waals surface area contributed by atoms with Crippen LogP contribution in [0.25, 0.3) is 0 Å². The molecule has 124 valence electrons. The zero-order chi connectivity index (χ0) is 17.1. The average Bonchev–Trinajstić information content (AvgIpc) is 3.23. The van der Waals surface area contributed by atoms with Gasteiger partial charge in [0.25, 0.3) is 5.91 Å². The molecule has 6 nitrogen and oxygen atoms in total. The number of hydrogen-bond acceptors (Lipinski definition) is 6. The molecule has 2 aromatic rings. The summed E-state index contributed by atoms with van der Waals surface area (Å²) < 4.78 is 4.71. The van der Waals surface area contributed by atoms with Crippen molar-refractivity contribution in [3.63, 3.8) is 0 Å². The molecule has 2 heterocycles. The molecule has 1 aromatic carbocycles. The Balaban J connectivity index is 1.72. The van der Waals surface area contributed by atoms with Crippen molar-refractivity contribution in [3.05, 3.63) is 46.2 Å². The monoisotopic (exact) mass is 343 g/mol. The van der Waals surface area contributed by atoms with Crippen molar-refractivity contribution < 1.29 is 14.3 Å². The van der Waals surface area contributed by atoms with Crippen LogP contribution in [0.3, 0.4) is 0 Å². The molecule has 1 N–H and O–H groups in total. The van der Waals surface area contributed by atoms with Crippen LogP contribution in [0, 0.1) is 0 Å². The quantitative estimate of drug-likeness (QED) is 0.864. The predicted molar refractivity (Wildman–Crippen MR) is 95.1 cm³/mol. The van der Waals surface area contributed by atoms with E-state index >= 15 is 0 Å². The molecule has 1 aliphatic heterocycles. The lowest BCUT2D eigenvalue weighted by molar-refractivity contribution is 0.0607. The fraction of sp³-hybridized carbons (Fsp3) is 0.235. The van der Waals surface area contributed by atoms with Crippen molar-refractivity contribution in [2.45, 2.75) is 13.3 Å². The summed E-state index contributed by atoms with van der Waals surface area (Å²) in [6.07, 6.45) is 0.955. The number of ether oxygens (including phenoxy) is 1. The van der Waals surface area contributed by atoms with Gasteiger partial charge in [0.05, 0.1) is 18.5 Å². The molecule has 0 aliphatic carbocycles. The standard InChI is InChI=1S/C17H17N3O3S/c1-11-7-9-20(19-11)13-5-3-12(4-6-13)16(21)18-14-8-10-24-15(14)17(22)23-2/h3-6,8,10H,7,9H2,1-2H3,(H,18,21). The van der Waals surface area contributed by atoms with Gasteiger partial charge in [0, 0.05) is 24.2 Å². The minimum absolute atomic E-state index is 0.272. The minimum Gasteiger partial charge on any atom is -0.465 e. The number of anilines is 2. The van der Waals surface area contributed by atoms with Gasteiger partial charge in [0.1, 0.15) is 4.88 Å². The number of carbonyl (C=O) groups is 2. The summed E-state index contributed by atoms with van der Waals surface area (Å²) in [5.41, 5.74) is 3.03. The molecule has 1 amide bonds. The largest absolute Gasteiger partial charge is 0.465 e. The van der Waals surface area contributed by atoms with Gasteiger partial charge in [-0.2, -0.15) is 5.10 Å². The maximum Gasteiger partial charge on any atom is 0.350 e. The van der Waals surface area contributed by atoms with E-state index in [4.69, 9.17) is 4.74 Å². The summed E-state index contributed by atoms with van der Waals surface area (Å²) in [5, 5.41) is 10.8. The van der Waals surface area contributed by atoms with Gasteiger partial charge in [0.2, 0.25) is 0 Å². The maximum atomic E-state index is 12.4. The number of hydrogen-bond donors (Lipinski definition) is 1. The Morgan fingerprint density at radius 1 is 1.25 bits per heavy atom. The summed E-state index contributed by atoms with van der Waals surface area (Å²) in [6, 6.07) is 8.92. The molecule has 0 bridgehead atoms. The fourth-order valence-corrected chi connectivity index (χ4v) is 3.16. The van der Waals surface area contributed by atoms with Crippen LogP contribution >= 0.6 is 11.3 Å². The van der Waals surface area contributed by atoms with Crippen molar-refractivity contribution in [3.8, 4) is 0 Å². The van der Waals surface area contributed by atoms with Crippen LogP contribution in [-0.2, 0) is 4.74 Å². The Kier molecular flexibility index (Phi) is 4.61. The first kappa shape index (κ1) is 16.2. The second-order valence-electron chi connectivity index (χ2n) is 5.36. The van der Waals surface area contributed by atoms with Crippen LogP contribution in [0.1, 0.15) is 33.4 Å². The SMILES string of the molecule is COC(=O)c1sccc1NC(=O)c1ccc(N2CCC(C)=N2)cc1. The zero-order valence-electron chi connectivity index (χ0n) is 13.4. The number of hydrazone groups is 1. The van der Waals surface area contributed by atoms with E-state index in [1.165, 1.54) is 18.4 Å². The Morgan fingerprint density at radius 3 is 2.62 bits per heavy atom. The smallest absolute Gasteiger partial charge is 0.350 e. The Morgan fingerprint density at radius 2 is 2.00 bits per heavy atom. The Labute approximate surface area is 143 Å². The number of nitrogens with one attached hydrogen (secondary N) is 1. The first-order valence-electron chi connectivity index (χ1n) is 7.47. The van der Waals surface area contributed by atoms with Crippen molar-refractivity contribution in [1.29, 1.82) is 0 Å². The molecule has 24 heavy (non-hydrogen) atoms. The molecule has 0 radical (unpaired) electrons. The number of benzene rings is 1. The molecule has 0 fully saturated rings. The minimum atomic E-state index is -0.460. The third-order valence-corrected chi connectivity index (χ3v) is 4.58. The van der Waals surface area contributed by atoms with Crippen molar-refractivity contribution in [2.24, 2.45) is 5.10 Å². The number of esters is 1. The van der Waals surface area contributed by atoms with Crippen LogP contribution < -0.4 is 10.3 Å². The van der Waals surface area contributed by atoms with Gasteiger partial charge in [-0.25, -0.2) is 4.79 Å². The van der Waals surface area contributed by atoms with E-state index in [-0.39, 0.29) is 5.91 Å². The number of rotatable bonds is 4. The topological polar surface area (TPSA) is 71.0 Å². The van der Waals surface area contributed by atoms with E-state index in [2.05, 4.69) is 10.4 Å². The molecule has 1 aliphatic rings. The van der Waals surface area contributed by atoms with Crippen LogP contribution in [0.15, 0.2) is 40.8 Å². The number of amides is 1. The van der Waals surface area contributed by atoms with Gasteiger partial charge in [-0.15, -0.1) is 11.3 Å². The van der Waals surface area contributed by atoms with E-state index < -0.39 is 5.97 Å². The van der Waals surface area contributed by atoms with Crippen LogP contribution in [0.4, 0.5) is 11.4 Å². The van der Waals surface area contributed by atoms with Gasteiger partial charge < -0.3 is 10.1 Å². The van der Waals surface area contributed by atoms with Crippen LogP contribution in [0.2, 0.25) is 0 Å². The summed E-state index contributed by atoms with van der Waals surface area (Å²) in [7, 11) is 1.31. The number of carbonyl (C=O) groups excluding carboxylic acids is 2. The van der Waals surface area contributed by atoms with Crippen molar-refractivity contribution in [1.82, 2.24) is 0 Å². The molecule has 0 unspecified atom stereocenters. The molecular formula is C17H17N3O3S. The highest BCUT2D eigenvalue weighted by Gasteiger charge is 2.17. The second kappa shape index (κ2) is 6.84. The number of methoxy groups -OCH3 is 1. The Hall–Kier alpha value is -2.67. The van der Waals surface area contributed by atoms with E-state index in [9.17, 15) is 9.59 Å². The zero-order valence-corrected chi connectivity index (χ0v) is 14.2. The lowest BCUT2D eigenvalue weighted by Crippen LogP contribution is -2.15. The molecule has 7 heteroatoms. The van der Waals surface area contributed by atoms with E-state index in [1.807, 2.05) is 24.1 Å². The lowest BCUT2D eigenvalue weighted by Gasteiger charge is -2.14. The molecular weight excluding hydrogens is 326 g/mol. The molecule has 0 atom stereocenters.